The lowest BCUT2D eigenvalue weighted by Gasteiger charge is -2.26. The molecule has 4 nitrogen and oxygen atoms in total. The van der Waals surface area contributed by atoms with Crippen LogP contribution in [0.1, 0.15) is 26.5 Å². The number of aromatic nitrogens is 1. The summed E-state index contributed by atoms with van der Waals surface area (Å²) in [6, 6.07) is 8.56. The molecule has 0 aliphatic carbocycles. The second-order valence-corrected chi connectivity index (χ2v) is 7.62. The molecule has 0 fully saturated rings. The van der Waals surface area contributed by atoms with Crippen LogP contribution in [-0.2, 0) is 17.7 Å². The SMILES string of the molecule is CC(C)(C)OC(=O)N1CCc2cc3cc(Br)ccc3n2CC1. The van der Waals surface area contributed by atoms with Crippen molar-refractivity contribution in [1.82, 2.24) is 9.47 Å². The third-order valence-corrected chi connectivity index (χ3v) is 4.33. The van der Waals surface area contributed by atoms with Crippen LogP contribution in [-0.4, -0.2) is 34.3 Å². The monoisotopic (exact) mass is 364 g/mol. The van der Waals surface area contributed by atoms with Crippen molar-refractivity contribution in [1.29, 1.82) is 0 Å². The molecule has 3 rings (SSSR count). The Hall–Kier alpha value is -1.49. The molecule has 5 heteroatoms. The number of rotatable bonds is 0. The maximum atomic E-state index is 12.2. The highest BCUT2D eigenvalue weighted by Gasteiger charge is 2.24. The van der Waals surface area contributed by atoms with Gasteiger partial charge in [0.2, 0.25) is 0 Å². The zero-order valence-corrected chi connectivity index (χ0v) is 14.8. The van der Waals surface area contributed by atoms with Crippen molar-refractivity contribution in [2.45, 2.75) is 39.3 Å². The molecule has 0 N–H and O–H groups in total. The molecule has 1 amide bonds. The van der Waals surface area contributed by atoms with Gasteiger partial charge in [-0.2, -0.15) is 0 Å². The van der Waals surface area contributed by atoms with Crippen LogP contribution >= 0.6 is 15.9 Å². The van der Waals surface area contributed by atoms with E-state index in [4.69, 9.17) is 4.74 Å². The molecule has 0 atom stereocenters. The zero-order valence-electron chi connectivity index (χ0n) is 13.2. The van der Waals surface area contributed by atoms with Crippen molar-refractivity contribution in [2.24, 2.45) is 0 Å². The van der Waals surface area contributed by atoms with Gasteiger partial charge in [-0.05, 0) is 45.0 Å². The summed E-state index contributed by atoms with van der Waals surface area (Å²) in [4.78, 5) is 14.0. The maximum Gasteiger partial charge on any atom is 0.410 e. The summed E-state index contributed by atoms with van der Waals surface area (Å²) < 4.78 is 8.89. The average Bonchev–Trinajstić information content (AvgIpc) is 2.60. The standard InChI is InChI=1S/C17H21BrN2O2/c1-17(2,3)22-16(21)19-7-6-14-11-12-10-13(18)4-5-15(12)20(14)9-8-19/h4-5,10-11H,6-9H2,1-3H3. The molecular formula is C17H21BrN2O2. The molecule has 0 saturated carbocycles. The molecule has 2 aromatic rings. The highest BCUT2D eigenvalue weighted by atomic mass is 79.9. The predicted octanol–water partition coefficient (Wildman–Crippen LogP) is 4.20. The summed E-state index contributed by atoms with van der Waals surface area (Å²) in [5.41, 5.74) is 2.06. The minimum atomic E-state index is -0.447. The zero-order chi connectivity index (χ0) is 15.9. The normalized spacial score (nSPS) is 15.5. The summed E-state index contributed by atoms with van der Waals surface area (Å²) in [6.45, 7) is 7.89. The van der Waals surface area contributed by atoms with Gasteiger partial charge in [-0.3, -0.25) is 0 Å². The summed E-state index contributed by atoms with van der Waals surface area (Å²) in [5.74, 6) is 0. The molecule has 1 aliphatic heterocycles. The Labute approximate surface area is 139 Å². The molecule has 0 bridgehead atoms. The van der Waals surface area contributed by atoms with E-state index < -0.39 is 5.60 Å². The van der Waals surface area contributed by atoms with Crippen LogP contribution in [0, 0.1) is 0 Å². The average molecular weight is 365 g/mol. The molecule has 1 aliphatic rings. The number of benzene rings is 1. The molecule has 0 saturated heterocycles. The van der Waals surface area contributed by atoms with E-state index in [0.29, 0.717) is 13.1 Å². The molecule has 1 aromatic carbocycles. The van der Waals surface area contributed by atoms with Gasteiger partial charge in [0.15, 0.2) is 0 Å². The number of carbonyl (C=O) groups is 1. The van der Waals surface area contributed by atoms with Crippen molar-refractivity contribution in [3.05, 3.63) is 34.4 Å². The van der Waals surface area contributed by atoms with Gasteiger partial charge < -0.3 is 14.2 Å². The third kappa shape index (κ3) is 3.14. The van der Waals surface area contributed by atoms with Gasteiger partial charge in [-0.1, -0.05) is 15.9 Å². The van der Waals surface area contributed by atoms with Gasteiger partial charge >= 0.3 is 6.09 Å². The van der Waals surface area contributed by atoms with Crippen molar-refractivity contribution >= 4 is 32.9 Å². The Morgan fingerprint density at radius 3 is 2.68 bits per heavy atom. The largest absolute Gasteiger partial charge is 0.444 e. The van der Waals surface area contributed by atoms with Crippen molar-refractivity contribution in [3.63, 3.8) is 0 Å². The number of fused-ring (bicyclic) bond motifs is 3. The number of carbonyl (C=O) groups excluding carboxylic acids is 1. The molecule has 22 heavy (non-hydrogen) atoms. The second-order valence-electron chi connectivity index (χ2n) is 6.71. The van der Waals surface area contributed by atoms with E-state index in [-0.39, 0.29) is 6.09 Å². The summed E-state index contributed by atoms with van der Waals surface area (Å²) in [7, 11) is 0. The predicted molar refractivity (Wildman–Crippen MR) is 91.1 cm³/mol. The van der Waals surface area contributed by atoms with Crippen LogP contribution in [0.15, 0.2) is 28.7 Å². The first-order valence-electron chi connectivity index (χ1n) is 7.59. The van der Waals surface area contributed by atoms with Gasteiger partial charge in [0, 0.05) is 47.1 Å². The van der Waals surface area contributed by atoms with Gasteiger partial charge in [-0.15, -0.1) is 0 Å². The fraction of sp³-hybridized carbons (Fsp3) is 0.471. The first-order chi connectivity index (χ1) is 10.3. The number of hydrogen-bond donors (Lipinski definition) is 0. The summed E-state index contributed by atoms with van der Waals surface area (Å²) in [5, 5.41) is 1.25. The topological polar surface area (TPSA) is 34.5 Å². The first-order valence-corrected chi connectivity index (χ1v) is 8.38. The highest BCUT2D eigenvalue weighted by Crippen LogP contribution is 2.26. The van der Waals surface area contributed by atoms with E-state index in [0.717, 1.165) is 17.4 Å². The number of ether oxygens (including phenoxy) is 1. The van der Waals surface area contributed by atoms with Crippen LogP contribution in [0.2, 0.25) is 0 Å². The minimum Gasteiger partial charge on any atom is -0.444 e. The van der Waals surface area contributed by atoms with Gasteiger partial charge in [0.1, 0.15) is 5.60 Å². The Bertz CT molecular complexity index is 715. The summed E-state index contributed by atoms with van der Waals surface area (Å²) in [6.07, 6.45) is 0.635. The second kappa shape index (κ2) is 5.61. The Balaban J connectivity index is 1.80. The fourth-order valence-corrected chi connectivity index (χ4v) is 3.24. The van der Waals surface area contributed by atoms with E-state index in [2.05, 4.69) is 44.8 Å². The lowest BCUT2D eigenvalue weighted by molar-refractivity contribution is 0.0254. The molecule has 2 heterocycles. The smallest absolute Gasteiger partial charge is 0.410 e. The van der Waals surface area contributed by atoms with Crippen LogP contribution in [0.25, 0.3) is 10.9 Å². The van der Waals surface area contributed by atoms with E-state index in [1.165, 1.54) is 16.6 Å². The number of halogens is 1. The van der Waals surface area contributed by atoms with E-state index in [1.54, 1.807) is 0 Å². The van der Waals surface area contributed by atoms with E-state index in [1.807, 2.05) is 25.7 Å². The van der Waals surface area contributed by atoms with Gasteiger partial charge in [0.25, 0.3) is 0 Å². The maximum absolute atomic E-state index is 12.2. The highest BCUT2D eigenvalue weighted by molar-refractivity contribution is 9.10. The van der Waals surface area contributed by atoms with Crippen molar-refractivity contribution < 1.29 is 9.53 Å². The number of amides is 1. The lowest BCUT2D eigenvalue weighted by atomic mass is 10.2. The van der Waals surface area contributed by atoms with Gasteiger partial charge in [0.05, 0.1) is 0 Å². The van der Waals surface area contributed by atoms with Gasteiger partial charge in [-0.25, -0.2) is 4.79 Å². The fourth-order valence-electron chi connectivity index (χ4n) is 2.86. The molecule has 0 radical (unpaired) electrons. The van der Waals surface area contributed by atoms with E-state index in [9.17, 15) is 4.79 Å². The van der Waals surface area contributed by atoms with Crippen LogP contribution < -0.4 is 0 Å². The quantitative estimate of drug-likeness (QED) is 0.701. The van der Waals surface area contributed by atoms with Crippen LogP contribution in [0.5, 0.6) is 0 Å². The first kappa shape index (κ1) is 15.4. The molecule has 118 valence electrons. The minimum absolute atomic E-state index is 0.217. The number of nitrogens with zero attached hydrogens (tertiary/aromatic N) is 2. The molecular weight excluding hydrogens is 344 g/mol. The molecule has 0 unspecified atom stereocenters. The Kier molecular flexibility index (Phi) is 3.93. The third-order valence-electron chi connectivity index (χ3n) is 3.83. The van der Waals surface area contributed by atoms with E-state index >= 15 is 0 Å². The van der Waals surface area contributed by atoms with Crippen molar-refractivity contribution in [3.8, 4) is 0 Å². The van der Waals surface area contributed by atoms with Crippen LogP contribution in [0.4, 0.5) is 4.79 Å². The number of hydrogen-bond acceptors (Lipinski definition) is 2. The van der Waals surface area contributed by atoms with Crippen LogP contribution in [0.3, 0.4) is 0 Å². The van der Waals surface area contributed by atoms with Crippen molar-refractivity contribution in [2.75, 3.05) is 13.1 Å². The Morgan fingerprint density at radius 2 is 1.95 bits per heavy atom. The Morgan fingerprint density at radius 1 is 1.18 bits per heavy atom. The lowest BCUT2D eigenvalue weighted by Crippen LogP contribution is -2.38. The summed E-state index contributed by atoms with van der Waals surface area (Å²) >= 11 is 3.52. The molecule has 0 spiro atoms. The molecule has 1 aromatic heterocycles.